The van der Waals surface area contributed by atoms with E-state index in [1.54, 1.807) is 29.5 Å². The van der Waals surface area contributed by atoms with E-state index < -0.39 is 5.91 Å². The molecule has 0 radical (unpaired) electrons. The Morgan fingerprint density at radius 1 is 1.25 bits per heavy atom. The van der Waals surface area contributed by atoms with E-state index in [2.05, 4.69) is 19.2 Å². The third kappa shape index (κ3) is 5.38. The lowest BCUT2D eigenvalue weighted by Gasteiger charge is -2.19. The van der Waals surface area contributed by atoms with Crippen LogP contribution in [0.25, 0.3) is 0 Å². The second-order valence-electron chi connectivity index (χ2n) is 5.95. The topological polar surface area (TPSA) is 81.4 Å². The summed E-state index contributed by atoms with van der Waals surface area (Å²) in [6, 6.07) is 10.5. The Morgan fingerprint density at radius 2 is 2.04 bits per heavy atom. The van der Waals surface area contributed by atoms with E-state index in [0.29, 0.717) is 17.2 Å². The number of hydrogen-bond donors (Lipinski definition) is 2. The van der Waals surface area contributed by atoms with E-state index in [1.165, 1.54) is 6.07 Å². The maximum atomic E-state index is 12.2. The van der Waals surface area contributed by atoms with Crippen LogP contribution in [0.4, 0.5) is 0 Å². The molecule has 6 heteroatoms. The highest BCUT2D eigenvalue weighted by Crippen LogP contribution is 2.25. The molecule has 0 fully saturated rings. The lowest BCUT2D eigenvalue weighted by molar-refractivity contribution is -0.123. The van der Waals surface area contributed by atoms with Gasteiger partial charge in [-0.15, -0.1) is 11.3 Å². The number of nitrogens with one attached hydrogen (secondary N) is 1. The third-order valence-electron chi connectivity index (χ3n) is 3.42. The third-order valence-corrected chi connectivity index (χ3v) is 4.40. The van der Waals surface area contributed by atoms with E-state index in [9.17, 15) is 9.59 Å². The number of ether oxygens (including phenoxy) is 1. The molecule has 1 aromatic heterocycles. The second-order valence-corrected chi connectivity index (χ2v) is 6.93. The Balaban J connectivity index is 1.93. The Labute approximate surface area is 145 Å². The van der Waals surface area contributed by atoms with Crippen molar-refractivity contribution in [3.8, 4) is 5.75 Å². The van der Waals surface area contributed by atoms with E-state index >= 15 is 0 Å². The summed E-state index contributed by atoms with van der Waals surface area (Å²) < 4.78 is 5.47. The van der Waals surface area contributed by atoms with Gasteiger partial charge in [0.1, 0.15) is 5.75 Å². The summed E-state index contributed by atoms with van der Waals surface area (Å²) in [5, 5.41) is 5.01. The molecule has 0 aliphatic rings. The molecule has 0 aliphatic heterocycles. The first-order valence-corrected chi connectivity index (χ1v) is 8.69. The molecule has 0 saturated carbocycles. The minimum atomic E-state index is -0.528. The smallest absolute Gasteiger partial charge is 0.258 e. The highest BCUT2D eigenvalue weighted by Gasteiger charge is 2.17. The number of rotatable bonds is 8. The summed E-state index contributed by atoms with van der Waals surface area (Å²) in [5.74, 6) is 0.182. The van der Waals surface area contributed by atoms with Crippen LogP contribution in [0.2, 0.25) is 0 Å². The molecule has 1 aromatic carbocycles. The molecule has 2 amide bonds. The van der Waals surface area contributed by atoms with Crippen LogP contribution in [0, 0.1) is 5.92 Å². The van der Waals surface area contributed by atoms with Gasteiger partial charge >= 0.3 is 0 Å². The van der Waals surface area contributed by atoms with Gasteiger partial charge in [0, 0.05) is 10.4 Å². The fourth-order valence-electron chi connectivity index (χ4n) is 2.33. The van der Waals surface area contributed by atoms with Crippen molar-refractivity contribution in [3.05, 3.63) is 52.2 Å². The molecule has 1 heterocycles. The van der Waals surface area contributed by atoms with Crippen molar-refractivity contribution in [2.24, 2.45) is 11.7 Å². The van der Waals surface area contributed by atoms with Crippen molar-refractivity contribution < 1.29 is 14.3 Å². The van der Waals surface area contributed by atoms with E-state index in [0.717, 1.165) is 11.3 Å². The van der Waals surface area contributed by atoms with Crippen molar-refractivity contribution >= 4 is 23.2 Å². The standard InChI is InChI=1S/C18H22N2O3S/c1-12(2)9-15(16-7-4-8-24-16)20-17(21)11-23-14-6-3-5-13(10-14)18(19)22/h3-8,10,12,15H,9,11H2,1-2H3,(H2,19,22)(H,20,21)/t15-/m1/s1. The van der Waals surface area contributed by atoms with Gasteiger partial charge < -0.3 is 15.8 Å². The van der Waals surface area contributed by atoms with Crippen molar-refractivity contribution in [2.45, 2.75) is 26.3 Å². The number of carbonyl (C=O) groups is 2. The number of nitrogens with two attached hydrogens (primary N) is 1. The molecule has 24 heavy (non-hydrogen) atoms. The SMILES string of the molecule is CC(C)C[C@@H](NC(=O)COc1cccc(C(N)=O)c1)c1cccs1. The molecule has 0 unspecified atom stereocenters. The lowest BCUT2D eigenvalue weighted by Crippen LogP contribution is -2.33. The molecular formula is C18H22N2O3S. The van der Waals surface area contributed by atoms with Crippen LogP contribution in [0.15, 0.2) is 41.8 Å². The number of hydrogen-bond acceptors (Lipinski definition) is 4. The van der Waals surface area contributed by atoms with Gasteiger partial charge in [0.25, 0.3) is 5.91 Å². The van der Waals surface area contributed by atoms with Crippen molar-refractivity contribution in [1.29, 1.82) is 0 Å². The predicted octanol–water partition coefficient (Wildman–Crippen LogP) is 3.13. The molecule has 3 N–H and O–H groups in total. The summed E-state index contributed by atoms with van der Waals surface area (Å²) in [6.07, 6.45) is 0.864. The van der Waals surface area contributed by atoms with Gasteiger partial charge in [-0.3, -0.25) is 9.59 Å². The average molecular weight is 346 g/mol. The van der Waals surface area contributed by atoms with Gasteiger partial charge in [-0.05, 0) is 42.0 Å². The summed E-state index contributed by atoms with van der Waals surface area (Å²) in [6.45, 7) is 4.14. The highest BCUT2D eigenvalue weighted by molar-refractivity contribution is 7.10. The maximum absolute atomic E-state index is 12.2. The van der Waals surface area contributed by atoms with Crippen LogP contribution >= 0.6 is 11.3 Å². The molecule has 2 rings (SSSR count). The summed E-state index contributed by atoms with van der Waals surface area (Å²) in [5.41, 5.74) is 5.58. The van der Waals surface area contributed by atoms with Gasteiger partial charge in [0.15, 0.2) is 6.61 Å². The first-order valence-electron chi connectivity index (χ1n) is 7.81. The number of carbonyl (C=O) groups excluding carboxylic acids is 2. The van der Waals surface area contributed by atoms with Gasteiger partial charge in [-0.25, -0.2) is 0 Å². The number of thiophene rings is 1. The number of primary amides is 1. The van der Waals surface area contributed by atoms with E-state index in [-0.39, 0.29) is 18.6 Å². The van der Waals surface area contributed by atoms with Gasteiger partial charge in [0.05, 0.1) is 6.04 Å². The van der Waals surface area contributed by atoms with Crippen molar-refractivity contribution in [1.82, 2.24) is 5.32 Å². The second kappa shape index (κ2) is 8.49. The average Bonchev–Trinajstić information content (AvgIpc) is 3.06. The van der Waals surface area contributed by atoms with Crippen LogP contribution in [-0.4, -0.2) is 18.4 Å². The first-order chi connectivity index (χ1) is 11.5. The summed E-state index contributed by atoms with van der Waals surface area (Å²) >= 11 is 1.63. The Morgan fingerprint density at radius 3 is 2.67 bits per heavy atom. The normalized spacial score (nSPS) is 12.0. The molecule has 0 bridgehead atoms. The first kappa shape index (κ1) is 18.0. The minimum Gasteiger partial charge on any atom is -0.484 e. The Kier molecular flexibility index (Phi) is 6.37. The van der Waals surface area contributed by atoms with Crippen molar-refractivity contribution in [3.63, 3.8) is 0 Å². The number of benzene rings is 1. The van der Waals surface area contributed by atoms with Crippen LogP contribution < -0.4 is 15.8 Å². The molecule has 0 saturated heterocycles. The predicted molar refractivity (Wildman–Crippen MR) is 95.1 cm³/mol. The van der Waals surface area contributed by atoms with E-state index in [4.69, 9.17) is 10.5 Å². The fraction of sp³-hybridized carbons (Fsp3) is 0.333. The zero-order valence-corrected chi connectivity index (χ0v) is 14.6. The van der Waals surface area contributed by atoms with Crippen LogP contribution in [-0.2, 0) is 4.79 Å². The monoisotopic (exact) mass is 346 g/mol. The Hall–Kier alpha value is -2.34. The molecule has 0 aliphatic carbocycles. The van der Waals surface area contributed by atoms with Crippen LogP contribution in [0.3, 0.4) is 0 Å². The maximum Gasteiger partial charge on any atom is 0.258 e. The van der Waals surface area contributed by atoms with E-state index in [1.807, 2.05) is 17.5 Å². The largest absolute Gasteiger partial charge is 0.484 e. The van der Waals surface area contributed by atoms with Gasteiger partial charge in [-0.2, -0.15) is 0 Å². The van der Waals surface area contributed by atoms with Crippen LogP contribution in [0.5, 0.6) is 5.75 Å². The van der Waals surface area contributed by atoms with Gasteiger partial charge in [-0.1, -0.05) is 26.0 Å². The fourth-order valence-corrected chi connectivity index (χ4v) is 3.12. The lowest BCUT2D eigenvalue weighted by atomic mass is 10.0. The molecule has 0 spiro atoms. The zero-order chi connectivity index (χ0) is 17.5. The van der Waals surface area contributed by atoms with Crippen LogP contribution in [0.1, 0.15) is 41.5 Å². The molecular weight excluding hydrogens is 324 g/mol. The molecule has 5 nitrogen and oxygen atoms in total. The number of amides is 2. The van der Waals surface area contributed by atoms with Crippen molar-refractivity contribution in [2.75, 3.05) is 6.61 Å². The minimum absolute atomic E-state index is 0.0157. The quantitative estimate of drug-likeness (QED) is 0.770. The zero-order valence-electron chi connectivity index (χ0n) is 13.8. The molecule has 1 atom stereocenters. The molecule has 2 aromatic rings. The Bertz CT molecular complexity index is 683. The van der Waals surface area contributed by atoms with Gasteiger partial charge in [0.2, 0.25) is 5.91 Å². The highest BCUT2D eigenvalue weighted by atomic mass is 32.1. The summed E-state index contributed by atoms with van der Waals surface area (Å²) in [4.78, 5) is 24.5. The summed E-state index contributed by atoms with van der Waals surface area (Å²) in [7, 11) is 0. The molecule has 128 valence electrons.